The van der Waals surface area contributed by atoms with Crippen LogP contribution in [0.1, 0.15) is 16.1 Å². The average molecular weight is 401 g/mol. The molecule has 140 valence electrons. The highest BCUT2D eigenvalue weighted by molar-refractivity contribution is 7.89. The molecule has 3 aromatic rings. The van der Waals surface area contributed by atoms with E-state index in [0.717, 1.165) is 21.8 Å². The van der Waals surface area contributed by atoms with Crippen molar-refractivity contribution < 1.29 is 13.2 Å². The van der Waals surface area contributed by atoms with Gasteiger partial charge < -0.3 is 4.74 Å². The molecule has 0 radical (unpaired) electrons. The number of rotatable bonds is 4. The van der Waals surface area contributed by atoms with Crippen LogP contribution in [-0.2, 0) is 23.0 Å². The lowest BCUT2D eigenvalue weighted by Gasteiger charge is -2.28. The van der Waals surface area contributed by atoms with Crippen LogP contribution < -0.4 is 4.74 Å². The largest absolute Gasteiger partial charge is 0.495 e. The Morgan fingerprint density at radius 3 is 2.63 bits per heavy atom. The molecule has 0 atom stereocenters. The van der Waals surface area contributed by atoms with Crippen molar-refractivity contribution in [3.63, 3.8) is 0 Å². The van der Waals surface area contributed by atoms with E-state index < -0.39 is 10.0 Å². The number of hydrogen-bond acceptors (Lipinski definition) is 5. The van der Waals surface area contributed by atoms with Crippen LogP contribution in [0.2, 0.25) is 0 Å². The van der Waals surface area contributed by atoms with E-state index in [2.05, 4.69) is 11.1 Å². The van der Waals surface area contributed by atoms with Crippen molar-refractivity contribution in [3.05, 3.63) is 64.0 Å². The van der Waals surface area contributed by atoms with Crippen LogP contribution in [0.4, 0.5) is 0 Å². The summed E-state index contributed by atoms with van der Waals surface area (Å²) in [7, 11) is -2.19. The molecule has 2 aromatic carbocycles. The van der Waals surface area contributed by atoms with E-state index in [1.165, 1.54) is 17.0 Å². The van der Waals surface area contributed by atoms with Crippen molar-refractivity contribution >= 4 is 21.4 Å². The fraction of sp³-hybridized carbons (Fsp3) is 0.250. The highest BCUT2D eigenvalue weighted by Gasteiger charge is 2.31. The summed E-state index contributed by atoms with van der Waals surface area (Å²) >= 11 is 1.54. The summed E-state index contributed by atoms with van der Waals surface area (Å²) in [6.45, 7) is 2.77. The second-order valence-electron chi connectivity index (χ2n) is 6.47. The lowest BCUT2D eigenvalue weighted by Crippen LogP contribution is -2.36. The van der Waals surface area contributed by atoms with Crippen LogP contribution in [0.3, 0.4) is 0 Å². The SMILES string of the molecule is COc1ccc(-c2csc(C)n2)cc1S(=O)(=O)N1CCc2ccccc2C1. The van der Waals surface area contributed by atoms with Gasteiger partial charge in [0.05, 0.1) is 17.8 Å². The topological polar surface area (TPSA) is 59.5 Å². The summed E-state index contributed by atoms with van der Waals surface area (Å²) in [5, 5.41) is 2.88. The van der Waals surface area contributed by atoms with Crippen molar-refractivity contribution in [2.75, 3.05) is 13.7 Å². The van der Waals surface area contributed by atoms with Crippen LogP contribution in [0.25, 0.3) is 11.3 Å². The molecule has 1 aliphatic rings. The minimum Gasteiger partial charge on any atom is -0.495 e. The maximum Gasteiger partial charge on any atom is 0.247 e. The number of aromatic nitrogens is 1. The van der Waals surface area contributed by atoms with E-state index >= 15 is 0 Å². The zero-order valence-corrected chi connectivity index (χ0v) is 16.8. The lowest BCUT2D eigenvalue weighted by atomic mass is 10.0. The Morgan fingerprint density at radius 1 is 1.15 bits per heavy atom. The molecule has 0 unspecified atom stereocenters. The van der Waals surface area contributed by atoms with Gasteiger partial charge in [-0.15, -0.1) is 11.3 Å². The second kappa shape index (κ2) is 7.07. The average Bonchev–Trinajstić information content (AvgIpc) is 3.13. The Balaban J connectivity index is 1.75. The first kappa shape index (κ1) is 18.2. The molecule has 0 N–H and O–H groups in total. The normalized spacial score (nSPS) is 14.7. The Bertz CT molecular complexity index is 1090. The zero-order chi connectivity index (χ0) is 19.0. The summed E-state index contributed by atoms with van der Waals surface area (Å²) < 4.78 is 33.7. The van der Waals surface area contributed by atoms with Crippen molar-refractivity contribution in [2.24, 2.45) is 0 Å². The van der Waals surface area contributed by atoms with E-state index in [9.17, 15) is 8.42 Å². The van der Waals surface area contributed by atoms with E-state index in [1.54, 1.807) is 23.5 Å². The number of fused-ring (bicyclic) bond motifs is 1. The Hall–Kier alpha value is -2.22. The van der Waals surface area contributed by atoms with Crippen LogP contribution in [0, 0.1) is 6.92 Å². The van der Waals surface area contributed by atoms with Gasteiger partial charge in [-0.25, -0.2) is 13.4 Å². The minimum atomic E-state index is -3.69. The van der Waals surface area contributed by atoms with Crippen molar-refractivity contribution in [1.82, 2.24) is 9.29 Å². The number of ether oxygens (including phenoxy) is 1. The van der Waals surface area contributed by atoms with Crippen LogP contribution >= 0.6 is 11.3 Å². The van der Waals surface area contributed by atoms with Crippen LogP contribution in [0.5, 0.6) is 5.75 Å². The first-order valence-electron chi connectivity index (χ1n) is 8.66. The predicted octanol–water partition coefficient (Wildman–Crippen LogP) is 3.87. The molecule has 1 aromatic heterocycles. The van der Waals surface area contributed by atoms with Crippen molar-refractivity contribution in [3.8, 4) is 17.0 Å². The second-order valence-corrected chi connectivity index (χ2v) is 9.44. The summed E-state index contributed by atoms with van der Waals surface area (Å²) in [5.41, 5.74) is 3.82. The maximum absolute atomic E-state index is 13.4. The Kier molecular flexibility index (Phi) is 4.75. The van der Waals surface area contributed by atoms with Crippen molar-refractivity contribution in [1.29, 1.82) is 0 Å². The molecule has 5 nitrogen and oxygen atoms in total. The molecule has 7 heteroatoms. The molecule has 27 heavy (non-hydrogen) atoms. The number of thiazole rings is 1. The molecule has 1 aliphatic heterocycles. The van der Waals surface area contributed by atoms with E-state index in [-0.39, 0.29) is 4.90 Å². The molecule has 4 rings (SSSR count). The number of aryl methyl sites for hydroxylation is 1. The highest BCUT2D eigenvalue weighted by Crippen LogP contribution is 2.34. The van der Waals surface area contributed by atoms with Gasteiger partial charge in [-0.1, -0.05) is 24.3 Å². The van der Waals surface area contributed by atoms with Gasteiger partial charge in [-0.05, 0) is 42.7 Å². The van der Waals surface area contributed by atoms with Crippen molar-refractivity contribution in [2.45, 2.75) is 24.8 Å². The highest BCUT2D eigenvalue weighted by atomic mass is 32.2. The van der Waals surface area contributed by atoms with Gasteiger partial charge in [-0.3, -0.25) is 0 Å². The third-order valence-electron chi connectivity index (χ3n) is 4.79. The fourth-order valence-electron chi connectivity index (χ4n) is 3.35. The van der Waals surface area contributed by atoms with Gasteiger partial charge in [0.15, 0.2) is 0 Å². The maximum atomic E-state index is 13.4. The first-order chi connectivity index (χ1) is 13.0. The summed E-state index contributed by atoms with van der Waals surface area (Å²) in [4.78, 5) is 4.66. The predicted molar refractivity (Wildman–Crippen MR) is 107 cm³/mol. The third-order valence-corrected chi connectivity index (χ3v) is 7.43. The number of benzene rings is 2. The molecule has 0 fully saturated rings. The molecule has 0 aliphatic carbocycles. The van der Waals surface area contributed by atoms with Crippen LogP contribution in [-0.4, -0.2) is 31.4 Å². The third kappa shape index (κ3) is 3.38. The zero-order valence-electron chi connectivity index (χ0n) is 15.2. The molecular weight excluding hydrogens is 380 g/mol. The van der Waals surface area contributed by atoms with E-state index in [4.69, 9.17) is 4.74 Å². The van der Waals surface area contributed by atoms with Gasteiger partial charge >= 0.3 is 0 Å². The van der Waals surface area contributed by atoms with E-state index in [0.29, 0.717) is 25.3 Å². The van der Waals surface area contributed by atoms with E-state index in [1.807, 2.05) is 36.6 Å². The number of methoxy groups -OCH3 is 1. The Labute approximate surface area is 163 Å². The standard InChI is InChI=1S/C20H20N2O3S2/c1-14-21-18(13-26-14)16-7-8-19(25-2)20(11-16)27(23,24)22-10-9-15-5-3-4-6-17(15)12-22/h3-8,11,13H,9-10,12H2,1-2H3. The number of sulfonamides is 1. The molecular formula is C20H20N2O3S2. The van der Waals surface area contributed by atoms with Gasteiger partial charge in [-0.2, -0.15) is 4.31 Å². The van der Waals surface area contributed by atoms with Gasteiger partial charge in [0.1, 0.15) is 10.6 Å². The monoisotopic (exact) mass is 400 g/mol. The first-order valence-corrected chi connectivity index (χ1v) is 11.0. The summed E-state index contributed by atoms with van der Waals surface area (Å²) in [6.07, 6.45) is 0.711. The minimum absolute atomic E-state index is 0.188. The van der Waals surface area contributed by atoms with Gasteiger partial charge in [0.2, 0.25) is 10.0 Å². The quantitative estimate of drug-likeness (QED) is 0.667. The van der Waals surface area contributed by atoms with Gasteiger partial charge in [0, 0.05) is 24.0 Å². The molecule has 0 amide bonds. The molecule has 0 saturated heterocycles. The Morgan fingerprint density at radius 2 is 1.93 bits per heavy atom. The lowest BCUT2D eigenvalue weighted by molar-refractivity contribution is 0.378. The fourth-order valence-corrected chi connectivity index (χ4v) is 5.57. The number of hydrogen-bond donors (Lipinski definition) is 0. The van der Waals surface area contributed by atoms with Crippen LogP contribution in [0.15, 0.2) is 52.7 Å². The summed E-state index contributed by atoms with van der Waals surface area (Å²) in [6, 6.07) is 13.2. The van der Waals surface area contributed by atoms with Gasteiger partial charge in [0.25, 0.3) is 0 Å². The molecule has 0 spiro atoms. The molecule has 0 saturated carbocycles. The number of nitrogens with zero attached hydrogens (tertiary/aromatic N) is 2. The summed E-state index contributed by atoms with van der Waals surface area (Å²) in [5.74, 6) is 0.351. The molecule has 0 bridgehead atoms. The molecule has 2 heterocycles. The smallest absolute Gasteiger partial charge is 0.247 e.